The molecule has 1 aliphatic carbocycles. The van der Waals surface area contributed by atoms with Crippen LogP contribution in [-0.4, -0.2) is 10.9 Å². The van der Waals surface area contributed by atoms with E-state index in [1.165, 1.54) is 0 Å². The van der Waals surface area contributed by atoms with Crippen molar-refractivity contribution < 1.29 is 9.90 Å². The normalized spacial score (nSPS) is 32.9. The molecular weight excluding hydrogens is 164 g/mol. The fourth-order valence-electron chi connectivity index (χ4n) is 2.00. The topological polar surface area (TPSA) is 37.3 Å². The Morgan fingerprint density at radius 1 is 1.46 bits per heavy atom. The summed E-state index contributed by atoms with van der Waals surface area (Å²) in [6.45, 7) is 6.12. The second kappa shape index (κ2) is 3.95. The van der Waals surface area contributed by atoms with Gasteiger partial charge in [0, 0.05) is 11.5 Å². The van der Waals surface area contributed by atoms with Crippen LogP contribution in [0.5, 0.6) is 0 Å². The molecule has 0 radical (unpaired) electrons. The zero-order valence-electron chi connectivity index (χ0n) is 8.58. The molecule has 1 aliphatic rings. The highest BCUT2D eigenvalue weighted by molar-refractivity contribution is 5.98. The Labute approximate surface area is 79.6 Å². The molecule has 0 aromatic heterocycles. The summed E-state index contributed by atoms with van der Waals surface area (Å²) in [5, 5.41) is 8.95. The minimum Gasteiger partial charge on any atom is -0.515 e. The molecule has 0 aromatic carbocycles. The van der Waals surface area contributed by atoms with Crippen LogP contribution in [0.3, 0.4) is 0 Å². The lowest BCUT2D eigenvalue weighted by Crippen LogP contribution is -2.30. The Hall–Kier alpha value is -0.790. The van der Waals surface area contributed by atoms with Crippen LogP contribution in [0.4, 0.5) is 0 Å². The van der Waals surface area contributed by atoms with Crippen LogP contribution in [0.25, 0.3) is 0 Å². The first kappa shape index (κ1) is 10.3. The van der Waals surface area contributed by atoms with Crippen molar-refractivity contribution >= 4 is 5.78 Å². The second-order valence-corrected chi connectivity index (χ2v) is 4.28. The molecule has 0 aromatic rings. The number of rotatable bonds is 1. The van der Waals surface area contributed by atoms with Crippen LogP contribution in [0.2, 0.25) is 0 Å². The van der Waals surface area contributed by atoms with Crippen molar-refractivity contribution in [2.24, 2.45) is 17.8 Å². The van der Waals surface area contributed by atoms with Gasteiger partial charge in [0.2, 0.25) is 0 Å². The van der Waals surface area contributed by atoms with Gasteiger partial charge in [0.15, 0.2) is 5.78 Å². The summed E-state index contributed by atoms with van der Waals surface area (Å²) in [6.07, 6.45) is 2.98. The minimum absolute atomic E-state index is 0.120. The van der Waals surface area contributed by atoms with Gasteiger partial charge in [0.05, 0.1) is 6.26 Å². The molecule has 13 heavy (non-hydrogen) atoms. The highest BCUT2D eigenvalue weighted by Crippen LogP contribution is 2.33. The highest BCUT2D eigenvalue weighted by Gasteiger charge is 2.32. The average molecular weight is 182 g/mol. The third-order valence-electron chi connectivity index (χ3n) is 3.01. The lowest BCUT2D eigenvalue weighted by atomic mass is 9.74. The third-order valence-corrected chi connectivity index (χ3v) is 3.01. The van der Waals surface area contributed by atoms with Crippen molar-refractivity contribution in [3.8, 4) is 0 Å². The number of hydrogen-bond acceptors (Lipinski definition) is 2. The maximum Gasteiger partial charge on any atom is 0.165 e. The van der Waals surface area contributed by atoms with Gasteiger partial charge in [-0.25, -0.2) is 0 Å². The monoisotopic (exact) mass is 182 g/mol. The number of Topliss-reactive ketones (excluding diaryl/α,β-unsaturated/α-hetero) is 1. The molecule has 1 N–H and O–H groups in total. The zero-order valence-corrected chi connectivity index (χ0v) is 8.58. The predicted molar refractivity (Wildman–Crippen MR) is 52.4 cm³/mol. The number of aliphatic hydroxyl groups excluding tert-OH is 1. The summed E-state index contributed by atoms with van der Waals surface area (Å²) in [4.78, 5) is 11.8. The maximum atomic E-state index is 11.8. The largest absolute Gasteiger partial charge is 0.515 e. The summed E-state index contributed by atoms with van der Waals surface area (Å²) in [7, 11) is 0. The number of allylic oxidation sites excluding steroid dienone is 1. The maximum absolute atomic E-state index is 11.8. The fourth-order valence-corrected chi connectivity index (χ4v) is 2.00. The van der Waals surface area contributed by atoms with Crippen molar-refractivity contribution in [3.05, 3.63) is 11.8 Å². The molecule has 2 heteroatoms. The van der Waals surface area contributed by atoms with Crippen LogP contribution in [0.1, 0.15) is 33.6 Å². The van der Waals surface area contributed by atoms with Gasteiger partial charge in [-0.2, -0.15) is 0 Å². The lowest BCUT2D eigenvalue weighted by Gasteiger charge is -2.29. The average Bonchev–Trinajstić information content (AvgIpc) is 2.04. The van der Waals surface area contributed by atoms with Crippen LogP contribution in [0, 0.1) is 17.8 Å². The Morgan fingerprint density at radius 2 is 2.08 bits per heavy atom. The van der Waals surface area contributed by atoms with E-state index >= 15 is 0 Å². The Kier molecular flexibility index (Phi) is 3.12. The second-order valence-electron chi connectivity index (χ2n) is 4.28. The Morgan fingerprint density at radius 3 is 2.54 bits per heavy atom. The molecule has 1 saturated carbocycles. The smallest absolute Gasteiger partial charge is 0.165 e. The first-order valence-electron chi connectivity index (χ1n) is 4.96. The molecule has 0 amide bonds. The van der Waals surface area contributed by atoms with Crippen LogP contribution < -0.4 is 0 Å². The van der Waals surface area contributed by atoms with Gasteiger partial charge in [-0.05, 0) is 24.7 Å². The molecule has 0 aliphatic heterocycles. The van der Waals surface area contributed by atoms with Gasteiger partial charge in [-0.1, -0.05) is 20.8 Å². The number of aliphatic hydroxyl groups is 1. The van der Waals surface area contributed by atoms with E-state index in [0.717, 1.165) is 19.1 Å². The Balaban J connectivity index is 2.82. The molecule has 0 saturated heterocycles. The van der Waals surface area contributed by atoms with Gasteiger partial charge in [-0.3, -0.25) is 4.79 Å². The number of carbonyl (C=O) groups is 1. The molecular formula is C11H18O2. The highest BCUT2D eigenvalue weighted by atomic mass is 16.2. The molecule has 1 fully saturated rings. The molecule has 0 spiro atoms. The van der Waals surface area contributed by atoms with E-state index in [4.69, 9.17) is 5.11 Å². The van der Waals surface area contributed by atoms with Crippen molar-refractivity contribution in [3.63, 3.8) is 0 Å². The number of hydrogen-bond donors (Lipinski definition) is 1. The van der Waals surface area contributed by atoms with Gasteiger partial charge >= 0.3 is 0 Å². The van der Waals surface area contributed by atoms with E-state index in [2.05, 4.69) is 13.8 Å². The first-order chi connectivity index (χ1) is 6.07. The summed E-state index contributed by atoms with van der Waals surface area (Å²) in [5.74, 6) is 0.883. The molecule has 2 nitrogen and oxygen atoms in total. The quantitative estimate of drug-likeness (QED) is 0.500. The van der Waals surface area contributed by atoms with Gasteiger partial charge in [0.1, 0.15) is 0 Å². The zero-order chi connectivity index (χ0) is 10.0. The standard InChI is InChI=1S/C11H18O2/c1-7(2)9-5-4-8(3)10(6-12)11(9)13/h6-9,12H,4-5H2,1-3H3/t8-,9+/m0/s1. The SMILES string of the molecule is CC(C)[C@H]1CC[C@H](C)C(=CO)C1=O. The summed E-state index contributed by atoms with van der Waals surface area (Å²) in [5.41, 5.74) is 0.616. The fraction of sp³-hybridized carbons (Fsp3) is 0.727. The molecule has 74 valence electrons. The van der Waals surface area contributed by atoms with Gasteiger partial charge in [0.25, 0.3) is 0 Å². The molecule has 1 rings (SSSR count). The van der Waals surface area contributed by atoms with E-state index in [9.17, 15) is 4.79 Å². The lowest BCUT2D eigenvalue weighted by molar-refractivity contribution is -0.122. The molecule has 2 atom stereocenters. The van der Waals surface area contributed by atoms with Crippen LogP contribution in [-0.2, 0) is 4.79 Å². The van der Waals surface area contributed by atoms with Crippen molar-refractivity contribution in [1.29, 1.82) is 0 Å². The van der Waals surface area contributed by atoms with Crippen molar-refractivity contribution in [1.82, 2.24) is 0 Å². The molecule has 0 unspecified atom stereocenters. The van der Waals surface area contributed by atoms with Gasteiger partial charge in [-0.15, -0.1) is 0 Å². The van der Waals surface area contributed by atoms with Gasteiger partial charge < -0.3 is 5.11 Å². The Bertz CT molecular complexity index is 228. The van der Waals surface area contributed by atoms with E-state index in [-0.39, 0.29) is 17.6 Å². The summed E-state index contributed by atoms with van der Waals surface area (Å²) >= 11 is 0. The number of carbonyl (C=O) groups excluding carboxylic acids is 1. The predicted octanol–water partition coefficient (Wildman–Crippen LogP) is 2.70. The van der Waals surface area contributed by atoms with Crippen molar-refractivity contribution in [2.45, 2.75) is 33.6 Å². The first-order valence-corrected chi connectivity index (χ1v) is 4.96. The summed E-state index contributed by atoms with van der Waals surface area (Å²) < 4.78 is 0. The van der Waals surface area contributed by atoms with Crippen molar-refractivity contribution in [2.75, 3.05) is 0 Å². The van der Waals surface area contributed by atoms with E-state index in [1.807, 2.05) is 6.92 Å². The van der Waals surface area contributed by atoms with E-state index in [1.54, 1.807) is 0 Å². The third kappa shape index (κ3) is 1.93. The number of ketones is 1. The molecule has 0 heterocycles. The van der Waals surface area contributed by atoms with Crippen LogP contribution >= 0.6 is 0 Å². The molecule has 0 bridgehead atoms. The van der Waals surface area contributed by atoms with E-state index in [0.29, 0.717) is 11.5 Å². The van der Waals surface area contributed by atoms with Crippen LogP contribution in [0.15, 0.2) is 11.8 Å². The summed E-state index contributed by atoms with van der Waals surface area (Å²) in [6, 6.07) is 0. The minimum atomic E-state index is 0.120. The van der Waals surface area contributed by atoms with E-state index < -0.39 is 0 Å².